The van der Waals surface area contributed by atoms with Crippen LogP contribution in [0.15, 0.2) is 47.7 Å². The predicted molar refractivity (Wildman–Crippen MR) is 102 cm³/mol. The number of amidine groups is 1. The molecule has 1 aromatic carbocycles. The van der Waals surface area contributed by atoms with Gasteiger partial charge in [-0.15, -0.1) is 0 Å². The Kier molecular flexibility index (Phi) is 6.51. The summed E-state index contributed by atoms with van der Waals surface area (Å²) in [6, 6.07) is 5.39. The maximum Gasteiger partial charge on any atom is 0.253 e. The van der Waals surface area contributed by atoms with Gasteiger partial charge >= 0.3 is 0 Å². The highest BCUT2D eigenvalue weighted by Gasteiger charge is 2.49. The molecule has 2 rings (SSSR count). The van der Waals surface area contributed by atoms with E-state index in [1.54, 1.807) is 12.1 Å². The van der Waals surface area contributed by atoms with Gasteiger partial charge in [-0.1, -0.05) is 23.2 Å². The third kappa shape index (κ3) is 4.92. The van der Waals surface area contributed by atoms with Crippen molar-refractivity contribution in [1.82, 2.24) is 10.3 Å². The number of rotatable bonds is 5. The van der Waals surface area contributed by atoms with E-state index in [1.165, 1.54) is 25.5 Å². The average molecular weight is 427 g/mol. The lowest BCUT2D eigenvalue weighted by atomic mass is 10.0. The minimum atomic E-state index is -2.15. The Bertz CT molecular complexity index is 923. The maximum absolute atomic E-state index is 13.4. The molecule has 28 heavy (non-hydrogen) atoms. The van der Waals surface area contributed by atoms with Crippen LogP contribution in [0.1, 0.15) is 17.3 Å². The van der Waals surface area contributed by atoms with Gasteiger partial charge in [0.1, 0.15) is 11.6 Å². The van der Waals surface area contributed by atoms with Gasteiger partial charge in [0.05, 0.1) is 11.9 Å². The van der Waals surface area contributed by atoms with Gasteiger partial charge in [-0.25, -0.2) is 8.78 Å². The van der Waals surface area contributed by atoms with Crippen LogP contribution in [0.2, 0.25) is 0 Å². The maximum atomic E-state index is 13.4. The van der Waals surface area contributed by atoms with Crippen LogP contribution >= 0.6 is 23.2 Å². The number of benzene rings is 1. The second-order valence-electron chi connectivity index (χ2n) is 5.74. The van der Waals surface area contributed by atoms with Crippen molar-refractivity contribution < 1.29 is 13.6 Å². The number of nitriles is 1. The third-order valence-corrected chi connectivity index (χ3v) is 4.18. The molecule has 0 radical (unpaired) electrons. The number of carbonyl (C=O) groups is 1. The van der Waals surface area contributed by atoms with Crippen LogP contribution in [-0.2, 0) is 0 Å². The molecule has 146 valence electrons. The number of pyridine rings is 1. The van der Waals surface area contributed by atoms with E-state index in [9.17, 15) is 13.6 Å². The standard InChI is InChI=1S/C17H14Cl2F2N6O/c1-16(18,19)17(23,15(25-9-22)26-13-3-2-4-24-8-13)27-14(28)10-5-11(20)7-12(21)6-10/h2-8H,23H2,1H3,(H,25,26)(H,27,28)/t17-/m1/s1. The number of nitrogens with two attached hydrogens (primary N) is 1. The van der Waals surface area contributed by atoms with Gasteiger partial charge in [0.2, 0.25) is 6.19 Å². The van der Waals surface area contributed by atoms with Crippen LogP contribution in [0.4, 0.5) is 14.5 Å². The Labute approximate surface area is 169 Å². The number of nitrogens with one attached hydrogen (secondary N) is 2. The fraction of sp³-hybridized carbons (Fsp3) is 0.176. The van der Waals surface area contributed by atoms with Crippen molar-refractivity contribution in [3.63, 3.8) is 0 Å². The Morgan fingerprint density at radius 3 is 2.46 bits per heavy atom. The molecule has 1 amide bonds. The number of carbonyl (C=O) groups excluding carboxylic acids is 1. The third-order valence-electron chi connectivity index (χ3n) is 3.59. The molecule has 11 heteroatoms. The smallest absolute Gasteiger partial charge is 0.253 e. The lowest BCUT2D eigenvalue weighted by molar-refractivity contribution is 0.0919. The molecule has 0 aliphatic heterocycles. The molecule has 1 atom stereocenters. The van der Waals surface area contributed by atoms with E-state index in [0.29, 0.717) is 11.8 Å². The van der Waals surface area contributed by atoms with Gasteiger partial charge in [0.15, 0.2) is 15.8 Å². The van der Waals surface area contributed by atoms with Crippen LogP contribution in [0.3, 0.4) is 0 Å². The predicted octanol–water partition coefficient (Wildman–Crippen LogP) is 2.93. The monoisotopic (exact) mass is 426 g/mol. The molecule has 0 aliphatic rings. The molecule has 1 aromatic heterocycles. The topological polar surface area (TPSA) is 116 Å². The van der Waals surface area contributed by atoms with Gasteiger partial charge in [0, 0.05) is 17.8 Å². The van der Waals surface area contributed by atoms with Crippen LogP contribution in [0.25, 0.3) is 0 Å². The van der Waals surface area contributed by atoms with Gasteiger partial charge in [-0.3, -0.25) is 15.5 Å². The summed E-state index contributed by atoms with van der Waals surface area (Å²) in [6.07, 6.45) is 4.44. The van der Waals surface area contributed by atoms with Crippen molar-refractivity contribution in [2.24, 2.45) is 10.7 Å². The van der Waals surface area contributed by atoms with E-state index < -0.39 is 27.5 Å². The number of alkyl halides is 2. The lowest BCUT2D eigenvalue weighted by Gasteiger charge is -2.38. The van der Waals surface area contributed by atoms with E-state index in [-0.39, 0.29) is 11.4 Å². The van der Waals surface area contributed by atoms with Gasteiger partial charge in [-0.05, 0) is 31.2 Å². The fourth-order valence-electron chi connectivity index (χ4n) is 2.15. The fourth-order valence-corrected chi connectivity index (χ4v) is 2.42. The molecule has 2 aromatic rings. The van der Waals surface area contributed by atoms with Crippen molar-refractivity contribution >= 4 is 40.6 Å². The molecule has 7 nitrogen and oxygen atoms in total. The van der Waals surface area contributed by atoms with Crippen molar-refractivity contribution in [3.05, 3.63) is 59.9 Å². The molecule has 0 bridgehead atoms. The second-order valence-corrected chi connectivity index (χ2v) is 7.44. The van der Waals surface area contributed by atoms with Gasteiger partial charge in [-0.2, -0.15) is 10.3 Å². The summed E-state index contributed by atoms with van der Waals surface area (Å²) >= 11 is 12.3. The Hall–Kier alpha value is -2.80. The number of amides is 1. The summed E-state index contributed by atoms with van der Waals surface area (Å²) in [7, 11) is 0. The van der Waals surface area contributed by atoms with Gasteiger partial charge < -0.3 is 10.6 Å². The van der Waals surface area contributed by atoms with Crippen molar-refractivity contribution in [3.8, 4) is 6.19 Å². The first-order valence-electron chi connectivity index (χ1n) is 7.66. The highest BCUT2D eigenvalue weighted by molar-refractivity contribution is 6.51. The molecule has 0 unspecified atom stereocenters. The SMILES string of the molecule is CC(Cl)(Cl)[C@](N)(NC(=O)c1cc(F)cc(F)c1)C(=NC#N)Nc1cccnc1. The second kappa shape index (κ2) is 8.48. The summed E-state index contributed by atoms with van der Waals surface area (Å²) in [6.45, 7) is 1.25. The molecule has 0 aliphatic carbocycles. The number of hydrogen-bond donors (Lipinski definition) is 3. The lowest BCUT2D eigenvalue weighted by Crippen LogP contribution is -2.71. The molecular weight excluding hydrogens is 413 g/mol. The largest absolute Gasteiger partial charge is 0.339 e. The minimum absolute atomic E-state index is 0.319. The van der Waals surface area contributed by atoms with Crippen LogP contribution < -0.4 is 16.4 Å². The van der Waals surface area contributed by atoms with Crippen LogP contribution in [0.5, 0.6) is 0 Å². The number of aromatic nitrogens is 1. The molecule has 1 heterocycles. The first-order chi connectivity index (χ1) is 13.1. The van der Waals surface area contributed by atoms with Crippen LogP contribution in [-0.4, -0.2) is 26.7 Å². The molecule has 0 spiro atoms. The zero-order chi connectivity index (χ0) is 20.9. The van der Waals surface area contributed by atoms with Crippen LogP contribution in [0, 0.1) is 23.1 Å². The molecule has 0 fully saturated rings. The number of nitrogens with zero attached hydrogens (tertiary/aromatic N) is 3. The summed E-state index contributed by atoms with van der Waals surface area (Å²) in [4.78, 5) is 20.0. The number of aliphatic imine (C=N–C) groups is 1. The van der Waals surface area contributed by atoms with E-state index >= 15 is 0 Å². The first-order valence-corrected chi connectivity index (χ1v) is 8.42. The highest BCUT2D eigenvalue weighted by Crippen LogP contribution is 2.32. The molecule has 0 saturated heterocycles. The normalized spacial score (nSPS) is 14.0. The molecule has 4 N–H and O–H groups in total. The number of hydrogen-bond acceptors (Lipinski definition) is 5. The highest BCUT2D eigenvalue weighted by atomic mass is 35.5. The van der Waals surface area contributed by atoms with E-state index in [2.05, 4.69) is 20.6 Å². The Morgan fingerprint density at radius 1 is 1.32 bits per heavy atom. The van der Waals surface area contributed by atoms with E-state index in [1.807, 2.05) is 0 Å². The zero-order valence-corrected chi connectivity index (χ0v) is 15.9. The van der Waals surface area contributed by atoms with E-state index in [4.69, 9.17) is 34.2 Å². The van der Waals surface area contributed by atoms with Crippen molar-refractivity contribution in [2.45, 2.75) is 16.9 Å². The average Bonchev–Trinajstić information content (AvgIpc) is 2.60. The summed E-state index contributed by atoms with van der Waals surface area (Å²) < 4.78 is 25.0. The number of anilines is 1. The van der Waals surface area contributed by atoms with Crippen molar-refractivity contribution in [2.75, 3.05) is 5.32 Å². The van der Waals surface area contributed by atoms with E-state index in [0.717, 1.165) is 12.1 Å². The summed E-state index contributed by atoms with van der Waals surface area (Å²) in [5.41, 5.74) is 4.07. The minimum Gasteiger partial charge on any atom is -0.339 e. The number of halogens is 4. The quantitative estimate of drug-likeness (QED) is 0.223. The molecular formula is C17H14Cl2F2N6O. The first kappa shape index (κ1) is 21.5. The summed E-state index contributed by atoms with van der Waals surface area (Å²) in [5, 5.41) is 14.0. The Morgan fingerprint density at radius 2 is 1.96 bits per heavy atom. The summed E-state index contributed by atoms with van der Waals surface area (Å²) in [5.74, 6) is -3.24. The zero-order valence-electron chi connectivity index (χ0n) is 14.4. The van der Waals surface area contributed by atoms with Gasteiger partial charge in [0.25, 0.3) is 5.91 Å². The Balaban J connectivity index is 2.45. The molecule has 0 saturated carbocycles. The van der Waals surface area contributed by atoms with Crippen molar-refractivity contribution in [1.29, 1.82) is 5.26 Å².